The van der Waals surface area contributed by atoms with Crippen LogP contribution in [0, 0.1) is 0 Å². The topological polar surface area (TPSA) is 54.4 Å². The van der Waals surface area contributed by atoms with Gasteiger partial charge in [0, 0.05) is 30.1 Å². The van der Waals surface area contributed by atoms with Crippen LogP contribution in [0.3, 0.4) is 0 Å². The lowest BCUT2D eigenvalue weighted by atomic mass is 10.2. The van der Waals surface area contributed by atoms with Crippen molar-refractivity contribution < 1.29 is 9.84 Å². The van der Waals surface area contributed by atoms with Crippen molar-refractivity contribution in [1.82, 2.24) is 10.3 Å². The summed E-state index contributed by atoms with van der Waals surface area (Å²) in [4.78, 5) is 4.14. The van der Waals surface area contributed by atoms with Crippen LogP contribution in [0.4, 0.5) is 0 Å². The average Bonchev–Trinajstić information content (AvgIpc) is 2.38. The fourth-order valence-corrected chi connectivity index (χ4v) is 2.14. The van der Waals surface area contributed by atoms with Crippen LogP contribution in [0.1, 0.15) is 12.5 Å². The van der Waals surface area contributed by atoms with Crippen LogP contribution in [-0.2, 0) is 6.54 Å². The lowest BCUT2D eigenvalue weighted by molar-refractivity contribution is 0.276. The van der Waals surface area contributed by atoms with Gasteiger partial charge >= 0.3 is 0 Å². The van der Waals surface area contributed by atoms with Gasteiger partial charge in [-0.05, 0) is 18.7 Å². The third-order valence-corrected chi connectivity index (χ3v) is 3.84. The first kappa shape index (κ1) is 14.3. The number of nitrogens with zero attached hydrogens (tertiary/aromatic N) is 1. The average molecular weight is 256 g/mol. The molecule has 0 aliphatic rings. The van der Waals surface area contributed by atoms with Gasteiger partial charge in [0.15, 0.2) is 0 Å². The predicted octanol–water partition coefficient (Wildman–Crippen LogP) is 1.29. The van der Waals surface area contributed by atoms with Crippen molar-refractivity contribution in [3.63, 3.8) is 0 Å². The lowest BCUT2D eigenvalue weighted by Crippen LogP contribution is -2.37. The van der Waals surface area contributed by atoms with Crippen molar-refractivity contribution in [2.24, 2.45) is 0 Å². The third kappa shape index (κ3) is 4.53. The number of nitrogens with one attached hydrogen (secondary N) is 1. The van der Waals surface area contributed by atoms with Crippen LogP contribution in [0.25, 0.3) is 0 Å². The number of aliphatic hydroxyl groups is 1. The van der Waals surface area contributed by atoms with E-state index in [0.717, 1.165) is 12.1 Å². The molecule has 17 heavy (non-hydrogen) atoms. The first-order valence-electron chi connectivity index (χ1n) is 5.57. The van der Waals surface area contributed by atoms with Gasteiger partial charge < -0.3 is 15.2 Å². The molecule has 4 nitrogen and oxygen atoms in total. The highest BCUT2D eigenvalue weighted by molar-refractivity contribution is 7.99. The van der Waals surface area contributed by atoms with Gasteiger partial charge in [-0.25, -0.2) is 4.98 Å². The fourth-order valence-electron chi connectivity index (χ4n) is 1.48. The van der Waals surface area contributed by atoms with Gasteiger partial charge in [0.25, 0.3) is 0 Å². The minimum atomic E-state index is 0.191. The lowest BCUT2D eigenvalue weighted by Gasteiger charge is -2.21. The highest BCUT2D eigenvalue weighted by atomic mass is 32.2. The molecule has 1 rings (SSSR count). The molecule has 1 heterocycles. The monoisotopic (exact) mass is 256 g/mol. The van der Waals surface area contributed by atoms with Crippen LogP contribution in [0.2, 0.25) is 0 Å². The van der Waals surface area contributed by atoms with Crippen LogP contribution in [0.15, 0.2) is 18.3 Å². The van der Waals surface area contributed by atoms with Crippen molar-refractivity contribution >= 4 is 11.8 Å². The zero-order valence-electron chi connectivity index (χ0n) is 10.5. The standard InChI is InChI=1S/C12H20N2O2S/c1-9(11(8-15)17-3)13-6-10-4-5-12(16-2)14-7-10/h4-5,7,9,11,13,15H,6,8H2,1-3H3. The van der Waals surface area contributed by atoms with E-state index in [0.29, 0.717) is 5.88 Å². The van der Waals surface area contributed by atoms with Crippen LogP contribution in [0.5, 0.6) is 5.88 Å². The van der Waals surface area contributed by atoms with Crippen LogP contribution < -0.4 is 10.1 Å². The van der Waals surface area contributed by atoms with Crippen LogP contribution >= 0.6 is 11.8 Å². The predicted molar refractivity (Wildman–Crippen MR) is 71.5 cm³/mol. The summed E-state index contributed by atoms with van der Waals surface area (Å²) in [7, 11) is 1.60. The SMILES string of the molecule is COc1ccc(CNC(C)C(CO)SC)cn1. The molecule has 0 bridgehead atoms. The first-order chi connectivity index (χ1) is 8.21. The van der Waals surface area contributed by atoms with Crippen molar-refractivity contribution in [2.75, 3.05) is 20.0 Å². The van der Waals surface area contributed by atoms with E-state index in [1.807, 2.05) is 18.4 Å². The molecule has 1 aromatic heterocycles. The molecule has 0 aromatic carbocycles. The Morgan fingerprint density at radius 3 is 2.76 bits per heavy atom. The fraction of sp³-hybridized carbons (Fsp3) is 0.583. The summed E-state index contributed by atoms with van der Waals surface area (Å²) >= 11 is 1.67. The summed E-state index contributed by atoms with van der Waals surface area (Å²) in [6, 6.07) is 4.09. The number of hydrogen-bond donors (Lipinski definition) is 2. The molecule has 2 unspecified atom stereocenters. The Balaban J connectivity index is 2.43. The molecule has 96 valence electrons. The van der Waals surface area contributed by atoms with E-state index in [2.05, 4.69) is 17.2 Å². The first-order valence-corrected chi connectivity index (χ1v) is 6.86. The Hall–Kier alpha value is -0.780. The van der Waals surface area contributed by atoms with Gasteiger partial charge in [-0.3, -0.25) is 0 Å². The number of aromatic nitrogens is 1. The summed E-state index contributed by atoms with van der Waals surface area (Å²) in [6.45, 7) is 3.01. The number of pyridine rings is 1. The molecule has 2 atom stereocenters. The van der Waals surface area contributed by atoms with Gasteiger partial charge in [0.2, 0.25) is 5.88 Å². The summed E-state index contributed by atoms with van der Waals surface area (Å²) in [5.41, 5.74) is 1.11. The van der Waals surface area contributed by atoms with E-state index in [1.165, 1.54) is 0 Å². The Morgan fingerprint density at radius 1 is 1.53 bits per heavy atom. The Bertz CT molecular complexity index is 315. The summed E-state index contributed by atoms with van der Waals surface area (Å²) < 4.78 is 5.00. The minimum Gasteiger partial charge on any atom is -0.481 e. The highest BCUT2D eigenvalue weighted by Crippen LogP contribution is 2.11. The summed E-state index contributed by atoms with van der Waals surface area (Å²) in [6.07, 6.45) is 3.81. The molecule has 0 saturated carbocycles. The second kappa shape index (κ2) is 7.53. The maximum atomic E-state index is 9.17. The van der Waals surface area contributed by atoms with Gasteiger partial charge in [-0.2, -0.15) is 11.8 Å². The van der Waals surface area contributed by atoms with Crippen molar-refractivity contribution in [3.05, 3.63) is 23.9 Å². The smallest absolute Gasteiger partial charge is 0.212 e. The van der Waals surface area contributed by atoms with E-state index in [1.54, 1.807) is 25.1 Å². The summed E-state index contributed by atoms with van der Waals surface area (Å²) in [5, 5.41) is 12.8. The van der Waals surface area contributed by atoms with Gasteiger partial charge in [-0.1, -0.05) is 6.07 Å². The number of ether oxygens (including phenoxy) is 1. The maximum Gasteiger partial charge on any atom is 0.212 e. The Labute approximate surface area is 107 Å². The molecule has 0 aliphatic heterocycles. The van der Waals surface area contributed by atoms with E-state index in [-0.39, 0.29) is 17.9 Å². The molecule has 1 aromatic rings. The quantitative estimate of drug-likeness (QED) is 0.770. The zero-order chi connectivity index (χ0) is 12.7. The normalized spacial score (nSPS) is 14.4. The molecular weight excluding hydrogens is 236 g/mol. The molecule has 0 aliphatic carbocycles. The number of aliphatic hydroxyl groups excluding tert-OH is 1. The number of methoxy groups -OCH3 is 1. The second-order valence-electron chi connectivity index (χ2n) is 3.84. The Kier molecular flexibility index (Phi) is 6.32. The minimum absolute atomic E-state index is 0.191. The third-order valence-electron chi connectivity index (χ3n) is 2.68. The van der Waals surface area contributed by atoms with Gasteiger partial charge in [0.1, 0.15) is 0 Å². The number of thioether (sulfide) groups is 1. The molecule has 0 spiro atoms. The Morgan fingerprint density at radius 2 is 2.29 bits per heavy atom. The van der Waals surface area contributed by atoms with Gasteiger partial charge in [-0.15, -0.1) is 0 Å². The second-order valence-corrected chi connectivity index (χ2v) is 4.91. The molecule has 5 heteroatoms. The van der Waals surface area contributed by atoms with Crippen molar-refractivity contribution in [1.29, 1.82) is 0 Å². The molecule has 0 radical (unpaired) electrons. The zero-order valence-corrected chi connectivity index (χ0v) is 11.3. The highest BCUT2D eigenvalue weighted by Gasteiger charge is 2.14. The van der Waals surface area contributed by atoms with Crippen LogP contribution in [-0.4, -0.2) is 41.4 Å². The van der Waals surface area contributed by atoms with E-state index in [4.69, 9.17) is 4.74 Å². The van der Waals surface area contributed by atoms with E-state index >= 15 is 0 Å². The largest absolute Gasteiger partial charge is 0.481 e. The molecular formula is C12H20N2O2S. The van der Waals surface area contributed by atoms with Crippen molar-refractivity contribution in [2.45, 2.75) is 24.8 Å². The number of hydrogen-bond acceptors (Lipinski definition) is 5. The molecule has 0 fully saturated rings. The van der Waals surface area contributed by atoms with E-state index in [9.17, 15) is 5.11 Å². The summed E-state index contributed by atoms with van der Waals surface area (Å²) in [5.74, 6) is 0.624. The van der Waals surface area contributed by atoms with Gasteiger partial charge in [0.05, 0.1) is 13.7 Å². The number of rotatable bonds is 7. The molecule has 2 N–H and O–H groups in total. The molecule has 0 saturated heterocycles. The maximum absolute atomic E-state index is 9.17. The van der Waals surface area contributed by atoms with E-state index < -0.39 is 0 Å². The van der Waals surface area contributed by atoms with Crippen molar-refractivity contribution in [3.8, 4) is 5.88 Å². The molecule has 0 amide bonds.